The maximum Gasteiger partial charge on any atom is 0.490 e. The van der Waals surface area contributed by atoms with Gasteiger partial charge in [0.05, 0.1) is 12.6 Å². The van der Waals surface area contributed by atoms with Gasteiger partial charge in [0.2, 0.25) is 0 Å². The monoisotopic (exact) mass is 499 g/mol. The number of aliphatic hydroxyl groups is 1. The fraction of sp³-hybridized carbons (Fsp3) is 0.556. The Hall–Kier alpha value is -0.610. The number of phosphoric acid groups is 3. The van der Waals surface area contributed by atoms with Crippen LogP contribution in [0.15, 0.2) is 17.1 Å². The molecule has 166 valence electrons. The molecular weight excluding hydrogens is 483 g/mol. The highest BCUT2D eigenvalue weighted by atomic mass is 32.1. The van der Waals surface area contributed by atoms with Crippen molar-refractivity contribution in [1.82, 2.24) is 9.55 Å². The van der Waals surface area contributed by atoms with Gasteiger partial charge >= 0.3 is 23.5 Å². The van der Waals surface area contributed by atoms with Crippen molar-refractivity contribution in [1.29, 1.82) is 0 Å². The predicted molar refractivity (Wildman–Crippen MR) is 93.6 cm³/mol. The van der Waals surface area contributed by atoms with Crippen LogP contribution in [0.25, 0.3) is 0 Å². The number of ether oxygens (including phenoxy) is 1. The molecule has 1 fully saturated rings. The van der Waals surface area contributed by atoms with E-state index < -0.39 is 60.1 Å². The van der Waals surface area contributed by atoms with Gasteiger partial charge in [-0.25, -0.2) is 13.7 Å². The van der Waals surface area contributed by atoms with Crippen LogP contribution in [0.4, 0.5) is 0 Å². The summed E-state index contributed by atoms with van der Waals surface area (Å²) in [5.74, 6) is 0. The molecule has 0 amide bonds. The zero-order valence-corrected chi connectivity index (χ0v) is 17.4. The van der Waals surface area contributed by atoms with Crippen LogP contribution in [-0.4, -0.2) is 59.1 Å². The highest BCUT2D eigenvalue weighted by Crippen LogP contribution is 2.66. The minimum Gasteiger partial charge on any atom is -0.389 e. The lowest BCUT2D eigenvalue weighted by molar-refractivity contribution is -0.0449. The molecule has 20 heteroatoms. The van der Waals surface area contributed by atoms with E-state index in [1.54, 1.807) is 0 Å². The number of H-pyrrole nitrogens is 1. The van der Waals surface area contributed by atoms with Gasteiger partial charge in [0.1, 0.15) is 12.2 Å². The van der Waals surface area contributed by atoms with Gasteiger partial charge in [-0.05, 0) is 12.2 Å². The summed E-state index contributed by atoms with van der Waals surface area (Å²) in [6, 6.07) is -0.0142. The molecule has 2 rings (SSSR count). The second-order valence-electron chi connectivity index (χ2n) is 5.54. The maximum absolute atomic E-state index is 11.7. The van der Waals surface area contributed by atoms with Crippen LogP contribution >= 0.6 is 35.7 Å². The summed E-state index contributed by atoms with van der Waals surface area (Å²) < 4.78 is 51.6. The molecule has 8 N–H and O–H groups in total. The number of hydrogen-bond donors (Lipinski definition) is 7. The first-order valence-corrected chi connectivity index (χ1v) is 12.2. The van der Waals surface area contributed by atoms with E-state index in [0.29, 0.717) is 0 Å². The summed E-state index contributed by atoms with van der Waals surface area (Å²) in [6.07, 6.45) is -2.69. The van der Waals surface area contributed by atoms with E-state index in [1.165, 1.54) is 10.8 Å². The Morgan fingerprint density at radius 2 is 1.83 bits per heavy atom. The van der Waals surface area contributed by atoms with E-state index in [0.717, 1.165) is 6.07 Å². The molecule has 29 heavy (non-hydrogen) atoms. The predicted octanol–water partition coefficient (Wildman–Crippen LogP) is -1.17. The third-order valence-corrected chi connectivity index (χ3v) is 7.48. The lowest BCUT2D eigenvalue weighted by Crippen LogP contribution is -2.40. The Labute approximate surface area is 166 Å². The zero-order valence-electron chi connectivity index (χ0n) is 13.9. The van der Waals surface area contributed by atoms with Crippen molar-refractivity contribution >= 4 is 35.7 Å². The number of nitrogens with zero attached hydrogens (tertiary/aromatic N) is 1. The molecule has 0 spiro atoms. The van der Waals surface area contributed by atoms with Crippen molar-refractivity contribution in [2.24, 2.45) is 5.73 Å². The summed E-state index contributed by atoms with van der Waals surface area (Å²) in [6.45, 7) is -0.897. The van der Waals surface area contributed by atoms with Gasteiger partial charge in [0.15, 0.2) is 11.0 Å². The summed E-state index contributed by atoms with van der Waals surface area (Å²) >= 11 is 4.95. The van der Waals surface area contributed by atoms with Gasteiger partial charge in [-0.15, -0.1) is 0 Å². The molecule has 1 aromatic heterocycles. The average molecular weight is 499 g/mol. The van der Waals surface area contributed by atoms with Crippen LogP contribution in [-0.2, 0) is 31.6 Å². The van der Waals surface area contributed by atoms with Crippen LogP contribution in [0, 0.1) is 4.77 Å². The number of hydrogen-bond acceptors (Lipinski definition) is 11. The molecule has 0 saturated carbocycles. The number of aromatic amines is 1. The lowest BCUT2D eigenvalue weighted by Gasteiger charge is -2.19. The Kier molecular flexibility index (Phi) is 7.54. The van der Waals surface area contributed by atoms with E-state index in [-0.39, 0.29) is 4.77 Å². The highest BCUT2D eigenvalue weighted by molar-refractivity contribution is 7.71. The largest absolute Gasteiger partial charge is 0.490 e. The number of nitrogens with two attached hydrogens (primary N) is 1. The van der Waals surface area contributed by atoms with Crippen molar-refractivity contribution in [3.05, 3.63) is 27.4 Å². The van der Waals surface area contributed by atoms with Crippen molar-refractivity contribution in [3.63, 3.8) is 0 Å². The van der Waals surface area contributed by atoms with Crippen LogP contribution in [0.2, 0.25) is 0 Å². The van der Waals surface area contributed by atoms with E-state index in [9.17, 15) is 28.5 Å². The number of rotatable bonds is 8. The highest BCUT2D eigenvalue weighted by Gasteiger charge is 2.45. The lowest BCUT2D eigenvalue weighted by atomic mass is 10.1. The fourth-order valence-electron chi connectivity index (χ4n) is 2.25. The number of aliphatic hydroxyl groups excluding tert-OH is 1. The molecule has 1 aromatic rings. The molecule has 1 saturated heterocycles. The standard InChI is InChI=1S/C9H16N3O13P3S/c10-6-7(14)4(23-8(6)12-2-1-5(13)11-9(12)29)3-22-27(18,19)25-28(20,21)24-26(15,16)17/h1-2,4,6-8,14H,3,10H2,(H,18,19)(H,20,21)(H,11,13,29)(H2,15,16,17). The van der Waals surface area contributed by atoms with Gasteiger partial charge in [-0.1, -0.05) is 0 Å². The van der Waals surface area contributed by atoms with Crippen LogP contribution < -0.4 is 11.3 Å². The van der Waals surface area contributed by atoms with E-state index in [1.807, 2.05) is 0 Å². The Balaban J connectivity index is 2.06. The summed E-state index contributed by atoms with van der Waals surface area (Å²) in [7, 11) is -16.6. The average Bonchev–Trinajstić information content (AvgIpc) is 2.78. The van der Waals surface area contributed by atoms with Crippen LogP contribution in [0.1, 0.15) is 6.23 Å². The SMILES string of the molecule is NC1C(O)C(COP(=O)(O)OP(=O)(O)OP(=O)(O)O)OC1n1ccc(=O)[nH]c1=S. The van der Waals surface area contributed by atoms with E-state index in [4.69, 9.17) is 37.4 Å². The first kappa shape index (κ1) is 24.7. The maximum atomic E-state index is 11.7. The second kappa shape index (κ2) is 8.86. The molecule has 0 radical (unpaired) electrons. The number of aromatic nitrogens is 2. The summed E-state index contributed by atoms with van der Waals surface area (Å²) in [5, 5.41) is 10.1. The Bertz CT molecular complexity index is 1000. The van der Waals surface area contributed by atoms with Crippen molar-refractivity contribution in [2.45, 2.75) is 24.5 Å². The zero-order chi connectivity index (χ0) is 22.2. The minimum atomic E-state index is -5.68. The quantitative estimate of drug-likeness (QED) is 0.164. The van der Waals surface area contributed by atoms with Gasteiger partial charge in [-0.3, -0.25) is 18.9 Å². The minimum absolute atomic E-state index is 0.0845. The van der Waals surface area contributed by atoms with E-state index >= 15 is 0 Å². The summed E-state index contributed by atoms with van der Waals surface area (Å²) in [5.41, 5.74) is 5.32. The van der Waals surface area contributed by atoms with Crippen molar-refractivity contribution < 1.29 is 56.3 Å². The summed E-state index contributed by atoms with van der Waals surface area (Å²) in [4.78, 5) is 49.0. The second-order valence-corrected chi connectivity index (χ2v) is 10.3. The van der Waals surface area contributed by atoms with Gasteiger partial charge < -0.3 is 35.2 Å². The van der Waals surface area contributed by atoms with Crippen LogP contribution in [0.3, 0.4) is 0 Å². The first-order valence-electron chi connectivity index (χ1n) is 7.29. The van der Waals surface area contributed by atoms with E-state index in [2.05, 4.69) is 18.1 Å². The topological polar surface area (TPSA) is 253 Å². The molecule has 1 aliphatic heterocycles. The fourth-order valence-corrected chi connectivity index (χ4v) is 5.55. The Morgan fingerprint density at radius 1 is 1.21 bits per heavy atom. The van der Waals surface area contributed by atoms with Gasteiger partial charge in [0, 0.05) is 12.3 Å². The smallest absolute Gasteiger partial charge is 0.389 e. The normalized spacial score (nSPS) is 29.3. The van der Waals surface area contributed by atoms with Crippen molar-refractivity contribution in [3.8, 4) is 0 Å². The van der Waals surface area contributed by atoms with Gasteiger partial charge in [-0.2, -0.15) is 8.62 Å². The third-order valence-electron chi connectivity index (χ3n) is 3.36. The van der Waals surface area contributed by atoms with Gasteiger partial charge in [0.25, 0.3) is 5.56 Å². The molecule has 1 aliphatic rings. The molecule has 16 nitrogen and oxygen atoms in total. The third kappa shape index (κ3) is 6.95. The Morgan fingerprint density at radius 3 is 2.38 bits per heavy atom. The number of phosphoric ester groups is 1. The van der Waals surface area contributed by atoms with Crippen molar-refractivity contribution in [2.75, 3.05) is 6.61 Å². The molecule has 0 bridgehead atoms. The molecule has 0 aliphatic carbocycles. The molecule has 2 heterocycles. The first-order chi connectivity index (χ1) is 13.1. The van der Waals surface area contributed by atoms with Crippen LogP contribution in [0.5, 0.6) is 0 Å². The molecule has 6 unspecified atom stereocenters. The molecule has 0 aromatic carbocycles. The molecule has 6 atom stereocenters. The molecular formula is C9H16N3O13P3S. The number of nitrogens with one attached hydrogen (secondary N) is 1.